The number of nitrogens with one attached hydrogen (secondary N) is 1. The summed E-state index contributed by atoms with van der Waals surface area (Å²) in [6.45, 7) is 6.25. The van der Waals surface area contributed by atoms with Crippen LogP contribution in [-0.2, 0) is 10.0 Å². The molecule has 3 aromatic rings. The summed E-state index contributed by atoms with van der Waals surface area (Å²) in [6.07, 6.45) is 3.56. The van der Waals surface area contributed by atoms with Crippen LogP contribution in [0.4, 0.5) is 5.69 Å². The quantitative estimate of drug-likeness (QED) is 0.590. The van der Waals surface area contributed by atoms with Crippen molar-refractivity contribution < 1.29 is 17.6 Å². The maximum atomic E-state index is 13.1. The number of hydrogen-bond donors (Lipinski definition) is 1. The number of amides is 1. The fourth-order valence-corrected chi connectivity index (χ4v) is 6.22. The fourth-order valence-electron chi connectivity index (χ4n) is 4.46. The average Bonchev–Trinajstić information content (AvgIpc) is 2.80. The third-order valence-corrected chi connectivity index (χ3v) is 8.11. The highest BCUT2D eigenvalue weighted by atomic mass is 32.2. The minimum Gasteiger partial charge on any atom is -0.450 e. The second-order valence-electron chi connectivity index (χ2n) is 8.59. The smallest absolute Gasteiger partial charge is 0.291 e. The highest BCUT2D eigenvalue weighted by molar-refractivity contribution is 7.89. The van der Waals surface area contributed by atoms with Crippen molar-refractivity contribution in [3.63, 3.8) is 0 Å². The van der Waals surface area contributed by atoms with E-state index in [2.05, 4.69) is 5.32 Å². The maximum Gasteiger partial charge on any atom is 0.291 e. The normalized spacial score (nSPS) is 17.2. The number of anilines is 1. The van der Waals surface area contributed by atoms with Gasteiger partial charge in [-0.15, -0.1) is 0 Å². The summed E-state index contributed by atoms with van der Waals surface area (Å²) in [5, 5.41) is 3.11. The molecule has 0 radical (unpaired) electrons. The highest BCUT2D eigenvalue weighted by Gasteiger charge is 2.32. The van der Waals surface area contributed by atoms with Gasteiger partial charge in [0.05, 0.1) is 10.3 Å². The molecule has 8 heteroatoms. The van der Waals surface area contributed by atoms with E-state index in [1.807, 2.05) is 26.8 Å². The number of fused-ring (bicyclic) bond motifs is 1. The molecule has 33 heavy (non-hydrogen) atoms. The number of benzene rings is 2. The first-order valence-corrected chi connectivity index (χ1v) is 12.6. The van der Waals surface area contributed by atoms with Gasteiger partial charge < -0.3 is 9.73 Å². The van der Waals surface area contributed by atoms with E-state index in [1.54, 1.807) is 22.5 Å². The minimum atomic E-state index is -3.60. The van der Waals surface area contributed by atoms with Crippen LogP contribution in [0.5, 0.6) is 0 Å². The van der Waals surface area contributed by atoms with Crippen LogP contribution in [0.15, 0.2) is 56.6 Å². The molecule has 0 aliphatic carbocycles. The fraction of sp³-hybridized carbons (Fsp3) is 0.360. The molecule has 1 N–H and O–H groups in total. The van der Waals surface area contributed by atoms with Gasteiger partial charge >= 0.3 is 0 Å². The topological polar surface area (TPSA) is 96.7 Å². The summed E-state index contributed by atoms with van der Waals surface area (Å²) in [5.74, 6) is -0.679. The number of carbonyl (C=O) groups is 1. The Hall–Kier alpha value is -2.97. The lowest BCUT2D eigenvalue weighted by molar-refractivity contribution is 0.0997. The van der Waals surface area contributed by atoms with Crippen molar-refractivity contribution in [2.75, 3.05) is 11.9 Å². The van der Waals surface area contributed by atoms with Gasteiger partial charge in [-0.2, -0.15) is 4.31 Å². The van der Waals surface area contributed by atoms with Gasteiger partial charge in [0.1, 0.15) is 5.58 Å². The van der Waals surface area contributed by atoms with E-state index < -0.39 is 15.9 Å². The summed E-state index contributed by atoms with van der Waals surface area (Å²) in [4.78, 5) is 25.4. The third-order valence-electron chi connectivity index (χ3n) is 6.15. The van der Waals surface area contributed by atoms with Gasteiger partial charge in [-0.3, -0.25) is 9.59 Å². The van der Waals surface area contributed by atoms with Crippen molar-refractivity contribution in [2.45, 2.75) is 57.4 Å². The van der Waals surface area contributed by atoms with Crippen molar-refractivity contribution in [1.29, 1.82) is 0 Å². The molecule has 2 heterocycles. The van der Waals surface area contributed by atoms with Crippen molar-refractivity contribution in [3.8, 4) is 0 Å². The van der Waals surface area contributed by atoms with Gasteiger partial charge in [0.15, 0.2) is 11.2 Å². The average molecular weight is 469 g/mol. The summed E-state index contributed by atoms with van der Waals surface area (Å²) in [5.41, 5.74) is 2.21. The lowest BCUT2D eigenvalue weighted by Crippen LogP contribution is -2.43. The van der Waals surface area contributed by atoms with Crippen LogP contribution in [0.1, 0.15) is 54.3 Å². The second kappa shape index (κ2) is 9.11. The molecule has 7 nitrogen and oxygen atoms in total. The van der Waals surface area contributed by atoms with Crippen LogP contribution in [0.2, 0.25) is 0 Å². The zero-order valence-corrected chi connectivity index (χ0v) is 19.9. The van der Waals surface area contributed by atoms with Gasteiger partial charge in [-0.25, -0.2) is 8.42 Å². The van der Waals surface area contributed by atoms with Crippen molar-refractivity contribution in [3.05, 3.63) is 69.6 Å². The Morgan fingerprint density at radius 1 is 1.12 bits per heavy atom. The van der Waals surface area contributed by atoms with Crippen LogP contribution >= 0.6 is 0 Å². The minimum absolute atomic E-state index is 0.0196. The standard InChI is InChI=1S/C25H28N2O5S/c1-4-19-7-5-6-12-27(19)33(30,31)20-10-8-18(9-11-20)26-25(29)23-15-22(28)21-14-16(2)13-17(3)24(21)32-23/h8-11,13-15,19H,4-7,12H2,1-3H3,(H,26,29)/t19-/m1/s1. The van der Waals surface area contributed by atoms with Crippen LogP contribution in [0.3, 0.4) is 0 Å². The van der Waals surface area contributed by atoms with Crippen molar-refractivity contribution >= 4 is 32.6 Å². The van der Waals surface area contributed by atoms with Gasteiger partial charge in [0.2, 0.25) is 10.0 Å². The molecule has 0 spiro atoms. The van der Waals surface area contributed by atoms with Crippen LogP contribution in [-0.4, -0.2) is 31.2 Å². The van der Waals surface area contributed by atoms with E-state index in [1.165, 1.54) is 18.2 Å². The van der Waals surface area contributed by atoms with Gasteiger partial charge in [-0.1, -0.05) is 19.4 Å². The summed E-state index contributed by atoms with van der Waals surface area (Å²) in [6, 6.07) is 10.9. The Kier molecular flexibility index (Phi) is 6.41. The Labute approximate surface area is 193 Å². The molecule has 1 aromatic heterocycles. The molecule has 0 saturated carbocycles. The molecular formula is C25H28N2O5S. The SMILES string of the molecule is CC[C@@H]1CCCCN1S(=O)(=O)c1ccc(NC(=O)c2cc(=O)c3cc(C)cc(C)c3o2)cc1. The lowest BCUT2D eigenvalue weighted by Gasteiger charge is -2.34. The van der Waals surface area contributed by atoms with Gasteiger partial charge in [0.25, 0.3) is 5.91 Å². The molecule has 1 fully saturated rings. The Morgan fingerprint density at radius 3 is 2.55 bits per heavy atom. The summed E-state index contributed by atoms with van der Waals surface area (Å²) < 4.78 is 33.6. The van der Waals surface area contributed by atoms with E-state index in [0.29, 0.717) is 23.2 Å². The Bertz CT molecular complexity index is 1360. The van der Waals surface area contributed by atoms with E-state index in [4.69, 9.17) is 4.42 Å². The van der Waals surface area contributed by atoms with Gasteiger partial charge in [-0.05, 0) is 74.6 Å². The summed E-state index contributed by atoms with van der Waals surface area (Å²) >= 11 is 0. The maximum absolute atomic E-state index is 13.1. The van der Waals surface area contributed by atoms with E-state index in [0.717, 1.165) is 36.8 Å². The first-order valence-electron chi connectivity index (χ1n) is 11.2. The molecule has 1 atom stereocenters. The zero-order valence-electron chi connectivity index (χ0n) is 19.1. The van der Waals surface area contributed by atoms with Crippen molar-refractivity contribution in [2.24, 2.45) is 0 Å². The number of sulfonamides is 1. The number of aryl methyl sites for hydroxylation is 2. The number of hydrogen-bond acceptors (Lipinski definition) is 5. The second-order valence-corrected chi connectivity index (χ2v) is 10.5. The third kappa shape index (κ3) is 4.58. The van der Waals surface area contributed by atoms with E-state index in [9.17, 15) is 18.0 Å². The molecule has 0 bridgehead atoms. The lowest BCUT2D eigenvalue weighted by atomic mass is 10.0. The predicted octanol–water partition coefficient (Wildman–Crippen LogP) is 4.62. The predicted molar refractivity (Wildman–Crippen MR) is 128 cm³/mol. The monoisotopic (exact) mass is 468 g/mol. The summed E-state index contributed by atoms with van der Waals surface area (Å²) in [7, 11) is -3.60. The molecule has 1 saturated heterocycles. The van der Waals surface area contributed by atoms with E-state index in [-0.39, 0.29) is 22.1 Å². The van der Waals surface area contributed by atoms with Crippen molar-refractivity contribution in [1.82, 2.24) is 4.31 Å². The molecule has 174 valence electrons. The molecule has 1 amide bonds. The molecule has 4 rings (SSSR count). The van der Waals surface area contributed by atoms with Crippen LogP contribution in [0, 0.1) is 13.8 Å². The number of carbonyl (C=O) groups excluding carboxylic acids is 1. The Morgan fingerprint density at radius 2 is 1.85 bits per heavy atom. The molecule has 2 aromatic carbocycles. The van der Waals surface area contributed by atoms with Crippen LogP contribution in [0.25, 0.3) is 11.0 Å². The molecule has 0 unspecified atom stereocenters. The Balaban J connectivity index is 1.56. The molecular weight excluding hydrogens is 440 g/mol. The zero-order chi connectivity index (χ0) is 23.8. The highest BCUT2D eigenvalue weighted by Crippen LogP contribution is 2.28. The number of rotatable bonds is 5. The molecule has 1 aliphatic rings. The van der Waals surface area contributed by atoms with Crippen LogP contribution < -0.4 is 10.7 Å². The number of nitrogens with zero attached hydrogens (tertiary/aromatic N) is 1. The van der Waals surface area contributed by atoms with E-state index >= 15 is 0 Å². The number of piperidine rings is 1. The molecule has 1 aliphatic heterocycles. The van der Waals surface area contributed by atoms with Gasteiger partial charge in [0, 0.05) is 24.3 Å². The largest absolute Gasteiger partial charge is 0.450 e. The first-order chi connectivity index (χ1) is 15.7. The first kappa shape index (κ1) is 23.2.